The molecular formula is C18H15N3O. The van der Waals surface area contributed by atoms with Crippen molar-refractivity contribution >= 4 is 17.3 Å². The van der Waals surface area contributed by atoms with Crippen LogP contribution >= 0.6 is 0 Å². The first-order valence-corrected chi connectivity index (χ1v) is 6.90. The van der Waals surface area contributed by atoms with Crippen molar-refractivity contribution in [3.8, 4) is 11.1 Å². The minimum Gasteiger partial charge on any atom is -0.397 e. The quantitative estimate of drug-likeness (QED) is 0.724. The van der Waals surface area contributed by atoms with Crippen LogP contribution in [-0.2, 0) is 0 Å². The number of nitrogens with one attached hydrogen (secondary N) is 1. The Kier molecular flexibility index (Phi) is 3.83. The van der Waals surface area contributed by atoms with Gasteiger partial charge in [0.1, 0.15) is 0 Å². The monoisotopic (exact) mass is 289 g/mol. The van der Waals surface area contributed by atoms with E-state index in [2.05, 4.69) is 10.3 Å². The first-order chi connectivity index (χ1) is 10.7. The fourth-order valence-corrected chi connectivity index (χ4v) is 2.15. The van der Waals surface area contributed by atoms with E-state index in [1.54, 1.807) is 36.7 Å². The number of nitrogen functional groups attached to an aromatic ring is 1. The summed E-state index contributed by atoms with van der Waals surface area (Å²) in [6.07, 6.45) is 3.52. The van der Waals surface area contributed by atoms with Gasteiger partial charge in [-0.25, -0.2) is 0 Å². The highest BCUT2D eigenvalue weighted by Gasteiger charge is 2.08. The summed E-state index contributed by atoms with van der Waals surface area (Å²) >= 11 is 0. The number of benzene rings is 2. The molecule has 2 aromatic carbocycles. The maximum Gasteiger partial charge on any atom is 0.255 e. The van der Waals surface area contributed by atoms with Gasteiger partial charge in [0.25, 0.3) is 5.91 Å². The SMILES string of the molecule is Nc1ccccc1NC(=O)c1ccc(-c2cccnc2)cc1. The van der Waals surface area contributed by atoms with Gasteiger partial charge in [0, 0.05) is 18.0 Å². The molecule has 1 amide bonds. The lowest BCUT2D eigenvalue weighted by Gasteiger charge is -2.08. The van der Waals surface area contributed by atoms with Crippen LogP contribution in [0.2, 0.25) is 0 Å². The topological polar surface area (TPSA) is 68.0 Å². The Bertz CT molecular complexity index is 783. The van der Waals surface area contributed by atoms with Gasteiger partial charge in [0.15, 0.2) is 0 Å². The van der Waals surface area contributed by atoms with Gasteiger partial charge >= 0.3 is 0 Å². The molecule has 0 atom stereocenters. The Labute approximate surface area is 128 Å². The van der Waals surface area contributed by atoms with Crippen molar-refractivity contribution in [3.63, 3.8) is 0 Å². The molecule has 22 heavy (non-hydrogen) atoms. The highest BCUT2D eigenvalue weighted by atomic mass is 16.1. The normalized spacial score (nSPS) is 10.2. The van der Waals surface area contributed by atoms with E-state index in [-0.39, 0.29) is 5.91 Å². The molecule has 0 aliphatic heterocycles. The van der Waals surface area contributed by atoms with Gasteiger partial charge in [0.05, 0.1) is 11.4 Å². The predicted molar refractivity (Wildman–Crippen MR) is 88.5 cm³/mol. The van der Waals surface area contributed by atoms with Gasteiger partial charge in [-0.15, -0.1) is 0 Å². The van der Waals surface area contributed by atoms with E-state index in [9.17, 15) is 4.79 Å². The van der Waals surface area contributed by atoms with E-state index in [1.807, 2.05) is 36.4 Å². The molecule has 3 rings (SSSR count). The van der Waals surface area contributed by atoms with Crippen molar-refractivity contribution in [3.05, 3.63) is 78.6 Å². The third-order valence-corrected chi connectivity index (χ3v) is 3.35. The van der Waals surface area contributed by atoms with E-state index in [0.717, 1.165) is 11.1 Å². The zero-order chi connectivity index (χ0) is 15.4. The van der Waals surface area contributed by atoms with Gasteiger partial charge in [-0.3, -0.25) is 9.78 Å². The molecular weight excluding hydrogens is 274 g/mol. The lowest BCUT2D eigenvalue weighted by molar-refractivity contribution is 0.102. The summed E-state index contributed by atoms with van der Waals surface area (Å²) in [7, 11) is 0. The Hall–Kier alpha value is -3.14. The Morgan fingerprint density at radius 2 is 1.68 bits per heavy atom. The molecule has 4 nitrogen and oxygen atoms in total. The molecule has 1 heterocycles. The van der Waals surface area contributed by atoms with Crippen molar-refractivity contribution in [1.82, 2.24) is 4.98 Å². The van der Waals surface area contributed by atoms with E-state index in [4.69, 9.17) is 5.73 Å². The first-order valence-electron chi connectivity index (χ1n) is 6.90. The van der Waals surface area contributed by atoms with Crippen molar-refractivity contribution in [1.29, 1.82) is 0 Å². The molecule has 0 fully saturated rings. The van der Waals surface area contributed by atoms with Crippen LogP contribution in [0.5, 0.6) is 0 Å². The van der Waals surface area contributed by atoms with Crippen LogP contribution in [0.25, 0.3) is 11.1 Å². The van der Waals surface area contributed by atoms with Crippen LogP contribution in [0, 0.1) is 0 Å². The molecule has 0 saturated heterocycles. The summed E-state index contributed by atoms with van der Waals surface area (Å²) in [5, 5.41) is 2.81. The molecule has 3 aromatic rings. The summed E-state index contributed by atoms with van der Waals surface area (Å²) in [4.78, 5) is 16.3. The molecule has 0 aliphatic carbocycles. The number of hydrogen-bond donors (Lipinski definition) is 2. The highest BCUT2D eigenvalue weighted by molar-refractivity contribution is 6.05. The molecule has 0 aliphatic rings. The highest BCUT2D eigenvalue weighted by Crippen LogP contribution is 2.20. The summed E-state index contributed by atoms with van der Waals surface area (Å²) in [5.41, 5.74) is 9.60. The fourth-order valence-electron chi connectivity index (χ4n) is 2.15. The Balaban J connectivity index is 1.78. The zero-order valence-corrected chi connectivity index (χ0v) is 11.9. The number of anilines is 2. The third kappa shape index (κ3) is 2.96. The van der Waals surface area contributed by atoms with Crippen LogP contribution in [0.15, 0.2) is 73.1 Å². The number of amides is 1. The van der Waals surface area contributed by atoms with E-state index in [0.29, 0.717) is 16.9 Å². The van der Waals surface area contributed by atoms with Gasteiger partial charge in [-0.2, -0.15) is 0 Å². The lowest BCUT2D eigenvalue weighted by Crippen LogP contribution is -2.12. The molecule has 0 spiro atoms. The number of carbonyl (C=O) groups is 1. The van der Waals surface area contributed by atoms with E-state index < -0.39 is 0 Å². The second-order valence-electron chi connectivity index (χ2n) is 4.86. The van der Waals surface area contributed by atoms with Crippen LogP contribution < -0.4 is 11.1 Å². The largest absolute Gasteiger partial charge is 0.397 e. The summed E-state index contributed by atoms with van der Waals surface area (Å²) < 4.78 is 0. The molecule has 0 unspecified atom stereocenters. The van der Waals surface area contributed by atoms with Crippen LogP contribution in [0.3, 0.4) is 0 Å². The van der Waals surface area contributed by atoms with Crippen LogP contribution in [0.1, 0.15) is 10.4 Å². The average molecular weight is 289 g/mol. The van der Waals surface area contributed by atoms with Crippen molar-refractivity contribution in [2.45, 2.75) is 0 Å². The number of hydrogen-bond acceptors (Lipinski definition) is 3. The van der Waals surface area contributed by atoms with Gasteiger partial charge in [-0.1, -0.05) is 30.3 Å². The van der Waals surface area contributed by atoms with Crippen molar-refractivity contribution in [2.24, 2.45) is 0 Å². The minimum atomic E-state index is -0.185. The van der Waals surface area contributed by atoms with Crippen molar-refractivity contribution < 1.29 is 4.79 Å². The number of nitrogens with zero attached hydrogens (tertiary/aromatic N) is 1. The summed E-state index contributed by atoms with van der Waals surface area (Å²) in [6.45, 7) is 0. The number of pyridine rings is 1. The number of aromatic nitrogens is 1. The number of rotatable bonds is 3. The molecule has 0 radical (unpaired) electrons. The van der Waals surface area contributed by atoms with Crippen molar-refractivity contribution in [2.75, 3.05) is 11.1 Å². The smallest absolute Gasteiger partial charge is 0.255 e. The third-order valence-electron chi connectivity index (χ3n) is 3.35. The van der Waals surface area contributed by atoms with Gasteiger partial charge in [-0.05, 0) is 41.5 Å². The second kappa shape index (κ2) is 6.10. The molecule has 108 valence electrons. The van der Waals surface area contributed by atoms with Gasteiger partial charge < -0.3 is 11.1 Å². The van der Waals surface area contributed by atoms with Crippen LogP contribution in [0.4, 0.5) is 11.4 Å². The standard InChI is InChI=1S/C18H15N3O/c19-16-5-1-2-6-17(16)21-18(22)14-9-7-13(8-10-14)15-4-3-11-20-12-15/h1-12H,19H2,(H,21,22). The predicted octanol–water partition coefficient (Wildman–Crippen LogP) is 3.58. The number of carbonyl (C=O) groups excluding carboxylic acids is 1. The fraction of sp³-hybridized carbons (Fsp3) is 0. The Morgan fingerprint density at radius 3 is 2.36 bits per heavy atom. The number of nitrogens with two attached hydrogens (primary N) is 1. The molecule has 1 aromatic heterocycles. The zero-order valence-electron chi connectivity index (χ0n) is 11.9. The Morgan fingerprint density at radius 1 is 0.909 bits per heavy atom. The summed E-state index contributed by atoms with van der Waals surface area (Å²) in [5.74, 6) is -0.185. The minimum absolute atomic E-state index is 0.185. The summed E-state index contributed by atoms with van der Waals surface area (Å²) in [6, 6.07) is 18.4. The molecule has 3 N–H and O–H groups in total. The molecule has 4 heteroatoms. The average Bonchev–Trinajstić information content (AvgIpc) is 2.58. The number of para-hydroxylation sites is 2. The first kappa shape index (κ1) is 13.8. The maximum absolute atomic E-state index is 12.2. The molecule has 0 saturated carbocycles. The van der Waals surface area contributed by atoms with E-state index >= 15 is 0 Å². The molecule has 0 bridgehead atoms. The van der Waals surface area contributed by atoms with Gasteiger partial charge in [0.2, 0.25) is 0 Å². The lowest BCUT2D eigenvalue weighted by atomic mass is 10.1. The van der Waals surface area contributed by atoms with Crippen LogP contribution in [-0.4, -0.2) is 10.9 Å². The maximum atomic E-state index is 12.2. The van der Waals surface area contributed by atoms with E-state index in [1.165, 1.54) is 0 Å². The second-order valence-corrected chi connectivity index (χ2v) is 4.86.